The number of aromatic amines is 1. The third kappa shape index (κ3) is 3.44. The van der Waals surface area contributed by atoms with E-state index < -0.39 is 6.04 Å². The molecule has 8 heteroatoms. The van der Waals surface area contributed by atoms with Crippen molar-refractivity contribution in [1.82, 2.24) is 24.6 Å². The summed E-state index contributed by atoms with van der Waals surface area (Å²) in [5.74, 6) is 0.650. The number of methoxy groups -OCH3 is 1. The van der Waals surface area contributed by atoms with E-state index in [1.807, 2.05) is 60.2 Å². The first-order valence-electron chi connectivity index (χ1n) is 10.9. The average Bonchev–Trinajstić information content (AvgIpc) is 3.39. The molecule has 8 nitrogen and oxygen atoms in total. The van der Waals surface area contributed by atoms with Crippen LogP contribution in [0.2, 0.25) is 0 Å². The SMILES string of the molecule is COc1ccc2[nH]cc(CCNC(=O)[C@@H](C)n3c4ccccc4c4cnn(C)c(=O)c43)c2c1. The molecule has 5 aromatic rings. The zero-order valence-electron chi connectivity index (χ0n) is 18.8. The number of aryl methyl sites for hydroxylation is 1. The molecule has 1 atom stereocenters. The third-order valence-corrected chi connectivity index (χ3v) is 6.24. The number of aromatic nitrogens is 4. The van der Waals surface area contributed by atoms with E-state index >= 15 is 0 Å². The van der Waals surface area contributed by atoms with Crippen molar-refractivity contribution in [2.75, 3.05) is 13.7 Å². The van der Waals surface area contributed by atoms with Crippen LogP contribution in [0.1, 0.15) is 18.5 Å². The summed E-state index contributed by atoms with van der Waals surface area (Å²) in [7, 11) is 3.26. The topological polar surface area (TPSA) is 93.9 Å². The maximum absolute atomic E-state index is 13.1. The predicted octanol–water partition coefficient (Wildman–Crippen LogP) is 3.30. The van der Waals surface area contributed by atoms with Crippen molar-refractivity contribution in [3.63, 3.8) is 0 Å². The second kappa shape index (κ2) is 8.12. The third-order valence-electron chi connectivity index (χ3n) is 6.24. The summed E-state index contributed by atoms with van der Waals surface area (Å²) in [5, 5.41) is 9.94. The zero-order valence-corrected chi connectivity index (χ0v) is 18.8. The summed E-state index contributed by atoms with van der Waals surface area (Å²) >= 11 is 0. The van der Waals surface area contributed by atoms with Gasteiger partial charge < -0.3 is 19.6 Å². The molecule has 168 valence electrons. The van der Waals surface area contributed by atoms with Gasteiger partial charge in [-0.1, -0.05) is 18.2 Å². The Balaban J connectivity index is 1.41. The van der Waals surface area contributed by atoms with E-state index in [0.717, 1.165) is 38.5 Å². The molecule has 3 heterocycles. The molecule has 0 aliphatic carbocycles. The molecule has 3 aromatic heterocycles. The zero-order chi connectivity index (χ0) is 23.1. The number of hydrogen-bond donors (Lipinski definition) is 2. The maximum atomic E-state index is 13.1. The molecule has 2 N–H and O–H groups in total. The van der Waals surface area contributed by atoms with E-state index in [2.05, 4.69) is 15.4 Å². The van der Waals surface area contributed by atoms with Crippen molar-refractivity contribution in [2.24, 2.45) is 7.05 Å². The Kier molecular flexibility index (Phi) is 5.12. The van der Waals surface area contributed by atoms with Gasteiger partial charge in [0.2, 0.25) is 5.91 Å². The smallest absolute Gasteiger partial charge is 0.291 e. The maximum Gasteiger partial charge on any atom is 0.291 e. The Labute approximate surface area is 189 Å². The highest BCUT2D eigenvalue weighted by Gasteiger charge is 2.23. The van der Waals surface area contributed by atoms with Crippen molar-refractivity contribution < 1.29 is 9.53 Å². The van der Waals surface area contributed by atoms with Gasteiger partial charge in [0, 0.05) is 41.5 Å². The van der Waals surface area contributed by atoms with E-state index in [0.29, 0.717) is 18.5 Å². The standard InChI is InChI=1S/C25H25N5O3/c1-15(24(31)26-11-10-16-13-27-21-9-8-17(33-3)12-19(16)21)30-22-7-5-4-6-18(22)20-14-28-29(2)25(32)23(20)30/h4-9,12-15,27H,10-11H2,1-3H3,(H,26,31)/t15-/m1/s1. The Morgan fingerprint density at radius 2 is 2.00 bits per heavy atom. The summed E-state index contributed by atoms with van der Waals surface area (Å²) in [4.78, 5) is 29.3. The summed E-state index contributed by atoms with van der Waals surface area (Å²) in [5.41, 5.74) is 3.23. The number of para-hydroxylation sites is 1. The number of carbonyl (C=O) groups is 1. The van der Waals surface area contributed by atoms with Crippen LogP contribution in [-0.2, 0) is 18.3 Å². The molecule has 33 heavy (non-hydrogen) atoms. The highest BCUT2D eigenvalue weighted by atomic mass is 16.5. The molecule has 2 aromatic carbocycles. The van der Waals surface area contributed by atoms with E-state index in [1.165, 1.54) is 4.68 Å². The summed E-state index contributed by atoms with van der Waals surface area (Å²) in [6.07, 6.45) is 4.32. The summed E-state index contributed by atoms with van der Waals surface area (Å²) in [6.45, 7) is 2.29. The molecule has 0 saturated carbocycles. The second-order valence-corrected chi connectivity index (χ2v) is 8.17. The molecule has 5 rings (SSSR count). The van der Waals surface area contributed by atoms with Gasteiger partial charge in [0.15, 0.2) is 0 Å². The lowest BCUT2D eigenvalue weighted by molar-refractivity contribution is -0.123. The van der Waals surface area contributed by atoms with Gasteiger partial charge in [-0.25, -0.2) is 4.68 Å². The molecule has 0 aliphatic heterocycles. The molecular weight excluding hydrogens is 418 g/mol. The van der Waals surface area contributed by atoms with Crippen LogP contribution >= 0.6 is 0 Å². The van der Waals surface area contributed by atoms with Crippen LogP contribution in [0.15, 0.2) is 59.7 Å². The highest BCUT2D eigenvalue weighted by molar-refractivity contribution is 6.08. The lowest BCUT2D eigenvalue weighted by Crippen LogP contribution is -2.33. The van der Waals surface area contributed by atoms with E-state index in [4.69, 9.17) is 4.74 Å². The number of H-pyrrole nitrogens is 1. The summed E-state index contributed by atoms with van der Waals surface area (Å²) in [6, 6.07) is 13.0. The van der Waals surface area contributed by atoms with Crippen LogP contribution < -0.4 is 15.6 Å². The fraction of sp³-hybridized carbons (Fsp3) is 0.240. The quantitative estimate of drug-likeness (QED) is 0.421. The lowest BCUT2D eigenvalue weighted by atomic mass is 10.1. The van der Waals surface area contributed by atoms with Crippen molar-refractivity contribution >= 4 is 38.6 Å². The van der Waals surface area contributed by atoms with Gasteiger partial charge in [-0.15, -0.1) is 0 Å². The van der Waals surface area contributed by atoms with Crippen molar-refractivity contribution in [3.8, 4) is 5.75 Å². The van der Waals surface area contributed by atoms with E-state index in [-0.39, 0.29) is 11.5 Å². The first-order valence-corrected chi connectivity index (χ1v) is 10.9. The summed E-state index contributed by atoms with van der Waals surface area (Å²) < 4.78 is 8.45. The van der Waals surface area contributed by atoms with E-state index in [9.17, 15) is 9.59 Å². The number of hydrogen-bond acceptors (Lipinski definition) is 4. The van der Waals surface area contributed by atoms with Crippen molar-refractivity contribution in [1.29, 1.82) is 0 Å². The Morgan fingerprint density at radius 3 is 2.82 bits per heavy atom. The molecular formula is C25H25N5O3. The average molecular weight is 444 g/mol. The van der Waals surface area contributed by atoms with Crippen LogP contribution in [-0.4, -0.2) is 38.9 Å². The Hall–Kier alpha value is -4.07. The Bertz CT molecular complexity index is 1560. The van der Waals surface area contributed by atoms with Gasteiger partial charge in [0.25, 0.3) is 5.56 Å². The van der Waals surface area contributed by atoms with Gasteiger partial charge in [-0.2, -0.15) is 5.10 Å². The molecule has 0 unspecified atom stereocenters. The first-order chi connectivity index (χ1) is 16.0. The monoisotopic (exact) mass is 443 g/mol. The van der Waals surface area contributed by atoms with Gasteiger partial charge in [0.1, 0.15) is 17.3 Å². The van der Waals surface area contributed by atoms with Gasteiger partial charge in [-0.05, 0) is 43.2 Å². The van der Waals surface area contributed by atoms with Crippen molar-refractivity contribution in [2.45, 2.75) is 19.4 Å². The fourth-order valence-electron chi connectivity index (χ4n) is 4.47. The largest absolute Gasteiger partial charge is 0.497 e. The predicted molar refractivity (Wildman–Crippen MR) is 129 cm³/mol. The molecule has 0 radical (unpaired) electrons. The number of fused-ring (bicyclic) bond motifs is 4. The normalized spacial score (nSPS) is 12.5. The van der Waals surface area contributed by atoms with Gasteiger partial charge in [0.05, 0.1) is 18.8 Å². The fourth-order valence-corrected chi connectivity index (χ4v) is 4.47. The van der Waals surface area contributed by atoms with Crippen molar-refractivity contribution in [3.05, 3.63) is 70.8 Å². The minimum Gasteiger partial charge on any atom is -0.497 e. The van der Waals surface area contributed by atoms with Crippen LogP contribution in [0.4, 0.5) is 0 Å². The molecule has 0 saturated heterocycles. The molecule has 0 aliphatic rings. The van der Waals surface area contributed by atoms with Crippen LogP contribution in [0.25, 0.3) is 32.7 Å². The van der Waals surface area contributed by atoms with Gasteiger partial charge >= 0.3 is 0 Å². The number of benzene rings is 2. The number of rotatable bonds is 6. The minimum absolute atomic E-state index is 0.144. The number of nitrogens with one attached hydrogen (secondary N) is 2. The first kappa shape index (κ1) is 20.8. The highest BCUT2D eigenvalue weighted by Crippen LogP contribution is 2.29. The lowest BCUT2D eigenvalue weighted by Gasteiger charge is -2.16. The number of carbonyl (C=O) groups excluding carboxylic acids is 1. The van der Waals surface area contributed by atoms with E-state index in [1.54, 1.807) is 20.4 Å². The second-order valence-electron chi connectivity index (χ2n) is 8.17. The van der Waals surface area contributed by atoms with Crippen LogP contribution in [0.5, 0.6) is 5.75 Å². The van der Waals surface area contributed by atoms with Gasteiger partial charge in [-0.3, -0.25) is 9.59 Å². The molecule has 0 bridgehead atoms. The molecule has 1 amide bonds. The van der Waals surface area contributed by atoms with Crippen LogP contribution in [0, 0.1) is 0 Å². The molecule has 0 spiro atoms. The molecule has 0 fully saturated rings. The Morgan fingerprint density at radius 1 is 1.18 bits per heavy atom. The number of ether oxygens (including phenoxy) is 1. The minimum atomic E-state index is -0.564. The van der Waals surface area contributed by atoms with Crippen LogP contribution in [0.3, 0.4) is 0 Å². The number of amides is 1. The number of nitrogens with zero attached hydrogens (tertiary/aromatic N) is 3.